The highest BCUT2D eigenvalue weighted by atomic mass is 16.5. The molecule has 0 aromatic rings. The van der Waals surface area contributed by atoms with Crippen molar-refractivity contribution >= 4 is 11.8 Å². The Morgan fingerprint density at radius 1 is 1.47 bits per heavy atom. The Morgan fingerprint density at radius 2 is 2.13 bits per heavy atom. The van der Waals surface area contributed by atoms with Crippen LogP contribution in [0.3, 0.4) is 0 Å². The number of esters is 1. The molecule has 0 N–H and O–H groups in total. The fourth-order valence-corrected chi connectivity index (χ4v) is 1.79. The molecule has 0 atom stereocenters. The van der Waals surface area contributed by atoms with E-state index in [1.807, 2.05) is 11.9 Å². The van der Waals surface area contributed by atoms with E-state index in [2.05, 4.69) is 0 Å². The first kappa shape index (κ1) is 11.8. The second kappa shape index (κ2) is 4.96. The first-order chi connectivity index (χ1) is 7.07. The maximum Gasteiger partial charge on any atom is 0.343 e. The van der Waals surface area contributed by atoms with Crippen LogP contribution in [-0.4, -0.2) is 36.9 Å². The molecule has 0 radical (unpaired) electrons. The molecule has 1 fully saturated rings. The van der Waals surface area contributed by atoms with Gasteiger partial charge in [0.25, 0.3) is 0 Å². The van der Waals surface area contributed by atoms with Crippen molar-refractivity contribution in [1.29, 1.82) is 0 Å². The highest BCUT2D eigenvalue weighted by molar-refractivity contribution is 6.17. The smallest absolute Gasteiger partial charge is 0.343 e. The highest BCUT2D eigenvalue weighted by Gasteiger charge is 2.26. The third-order valence-corrected chi connectivity index (χ3v) is 2.49. The van der Waals surface area contributed by atoms with Gasteiger partial charge >= 0.3 is 5.97 Å². The zero-order valence-electron chi connectivity index (χ0n) is 9.50. The lowest BCUT2D eigenvalue weighted by Gasteiger charge is -2.16. The minimum absolute atomic E-state index is 0.211. The maximum absolute atomic E-state index is 11.6. The normalized spacial score (nSPS) is 19.0. The summed E-state index contributed by atoms with van der Waals surface area (Å²) < 4.78 is 4.88. The summed E-state index contributed by atoms with van der Waals surface area (Å²) in [6, 6.07) is 0. The predicted molar refractivity (Wildman–Crippen MR) is 56.2 cm³/mol. The summed E-state index contributed by atoms with van der Waals surface area (Å²) >= 11 is 0. The Balaban J connectivity index is 3.00. The van der Waals surface area contributed by atoms with Gasteiger partial charge in [0.1, 0.15) is 5.57 Å². The average molecular weight is 211 g/mol. The molecule has 1 aliphatic rings. The molecular weight excluding hydrogens is 194 g/mol. The van der Waals surface area contributed by atoms with Crippen molar-refractivity contribution in [2.75, 3.05) is 20.2 Å². The lowest BCUT2D eigenvalue weighted by molar-refractivity contribution is -0.140. The standard InChI is InChI=1S/C11H17NO3/c1-4-15-11(14)10(8(2)13)9-6-5-7-12(9)3/h4-7H2,1-3H3/b10-9+. The van der Waals surface area contributed by atoms with Crippen LogP contribution < -0.4 is 0 Å². The monoisotopic (exact) mass is 211 g/mol. The van der Waals surface area contributed by atoms with Gasteiger partial charge in [-0.2, -0.15) is 0 Å². The number of ketones is 1. The summed E-state index contributed by atoms with van der Waals surface area (Å²) in [5, 5.41) is 0. The third kappa shape index (κ3) is 2.58. The van der Waals surface area contributed by atoms with Crippen molar-refractivity contribution in [2.24, 2.45) is 0 Å². The molecule has 0 aromatic carbocycles. The van der Waals surface area contributed by atoms with E-state index in [1.54, 1.807) is 6.92 Å². The molecule has 1 aliphatic heterocycles. The van der Waals surface area contributed by atoms with Crippen LogP contribution in [0.25, 0.3) is 0 Å². The first-order valence-electron chi connectivity index (χ1n) is 5.20. The van der Waals surface area contributed by atoms with E-state index in [4.69, 9.17) is 4.74 Å². The number of allylic oxidation sites excluding steroid dienone is 1. The maximum atomic E-state index is 11.6. The first-order valence-corrected chi connectivity index (χ1v) is 5.20. The highest BCUT2D eigenvalue weighted by Crippen LogP contribution is 2.23. The van der Waals surface area contributed by atoms with E-state index in [0.29, 0.717) is 6.61 Å². The average Bonchev–Trinajstić information content (AvgIpc) is 2.52. The molecule has 1 saturated heterocycles. The van der Waals surface area contributed by atoms with Crippen molar-refractivity contribution in [3.05, 3.63) is 11.3 Å². The van der Waals surface area contributed by atoms with E-state index >= 15 is 0 Å². The molecule has 1 heterocycles. The van der Waals surface area contributed by atoms with Gasteiger partial charge in [-0.3, -0.25) is 4.79 Å². The van der Waals surface area contributed by atoms with Gasteiger partial charge in [-0.1, -0.05) is 0 Å². The fraction of sp³-hybridized carbons (Fsp3) is 0.636. The molecule has 84 valence electrons. The number of hydrogen-bond acceptors (Lipinski definition) is 4. The Bertz CT molecular complexity index is 307. The Kier molecular flexibility index (Phi) is 3.88. The van der Waals surface area contributed by atoms with Crippen LogP contribution in [0, 0.1) is 0 Å². The van der Waals surface area contributed by atoms with E-state index in [9.17, 15) is 9.59 Å². The van der Waals surface area contributed by atoms with Crippen LogP contribution in [0.5, 0.6) is 0 Å². The molecule has 1 rings (SSSR count). The number of Topliss-reactive ketones (excluding diaryl/α,β-unsaturated/α-hetero) is 1. The van der Waals surface area contributed by atoms with Crippen LogP contribution in [0.15, 0.2) is 11.3 Å². The molecule has 0 bridgehead atoms. The number of nitrogens with zero attached hydrogens (tertiary/aromatic N) is 1. The van der Waals surface area contributed by atoms with E-state index in [1.165, 1.54) is 6.92 Å². The van der Waals surface area contributed by atoms with E-state index < -0.39 is 5.97 Å². The molecule has 4 heteroatoms. The summed E-state index contributed by atoms with van der Waals surface area (Å²) in [6.07, 6.45) is 1.77. The summed E-state index contributed by atoms with van der Waals surface area (Å²) in [4.78, 5) is 24.9. The van der Waals surface area contributed by atoms with Crippen molar-refractivity contribution in [3.8, 4) is 0 Å². The van der Waals surface area contributed by atoms with E-state index in [0.717, 1.165) is 25.1 Å². The van der Waals surface area contributed by atoms with E-state index in [-0.39, 0.29) is 11.4 Å². The van der Waals surface area contributed by atoms with Gasteiger partial charge in [0.15, 0.2) is 5.78 Å². The molecule has 4 nitrogen and oxygen atoms in total. The van der Waals surface area contributed by atoms with Crippen LogP contribution in [0.1, 0.15) is 26.7 Å². The zero-order chi connectivity index (χ0) is 11.4. The van der Waals surface area contributed by atoms with Gasteiger partial charge < -0.3 is 9.64 Å². The lowest BCUT2D eigenvalue weighted by Crippen LogP contribution is -2.21. The van der Waals surface area contributed by atoms with Crippen LogP contribution in [-0.2, 0) is 14.3 Å². The van der Waals surface area contributed by atoms with Gasteiger partial charge in [0, 0.05) is 19.3 Å². The summed E-state index contributed by atoms with van der Waals surface area (Å²) in [6.45, 7) is 4.34. The largest absolute Gasteiger partial charge is 0.462 e. The second-order valence-electron chi connectivity index (χ2n) is 3.62. The summed E-state index contributed by atoms with van der Waals surface area (Å²) in [7, 11) is 1.89. The van der Waals surface area contributed by atoms with Crippen LogP contribution >= 0.6 is 0 Å². The number of rotatable bonds is 3. The molecule has 0 unspecified atom stereocenters. The number of hydrogen-bond donors (Lipinski definition) is 0. The molecule has 0 spiro atoms. The Morgan fingerprint density at radius 3 is 2.53 bits per heavy atom. The number of carbonyl (C=O) groups is 2. The van der Waals surface area contributed by atoms with Gasteiger partial charge in [-0.15, -0.1) is 0 Å². The molecule has 0 aromatic heterocycles. The van der Waals surface area contributed by atoms with Gasteiger partial charge in [-0.25, -0.2) is 4.79 Å². The quantitative estimate of drug-likeness (QED) is 0.304. The summed E-state index contributed by atoms with van der Waals surface area (Å²) in [5.41, 5.74) is 1.04. The minimum Gasteiger partial charge on any atom is -0.462 e. The van der Waals surface area contributed by atoms with Crippen LogP contribution in [0.4, 0.5) is 0 Å². The summed E-state index contributed by atoms with van der Waals surface area (Å²) in [5.74, 6) is -0.703. The Labute approximate surface area is 89.9 Å². The molecule has 0 aliphatic carbocycles. The third-order valence-electron chi connectivity index (χ3n) is 2.49. The molecule has 15 heavy (non-hydrogen) atoms. The Hall–Kier alpha value is -1.32. The lowest BCUT2D eigenvalue weighted by atomic mass is 10.1. The van der Waals surface area contributed by atoms with Crippen LogP contribution in [0.2, 0.25) is 0 Å². The van der Waals surface area contributed by atoms with Gasteiger partial charge in [-0.05, 0) is 26.7 Å². The zero-order valence-corrected chi connectivity index (χ0v) is 9.50. The minimum atomic E-state index is -0.492. The number of ether oxygens (including phenoxy) is 1. The fourth-order valence-electron chi connectivity index (χ4n) is 1.79. The van der Waals surface area contributed by atoms with Crippen molar-refractivity contribution in [1.82, 2.24) is 4.90 Å². The number of carbonyl (C=O) groups excluding carboxylic acids is 2. The predicted octanol–water partition coefficient (Wildman–Crippen LogP) is 1.12. The second-order valence-corrected chi connectivity index (χ2v) is 3.62. The van der Waals surface area contributed by atoms with Crippen molar-refractivity contribution < 1.29 is 14.3 Å². The molecule has 0 saturated carbocycles. The van der Waals surface area contributed by atoms with Gasteiger partial charge in [0.2, 0.25) is 0 Å². The number of likely N-dealkylation sites (tertiary alicyclic amines) is 1. The topological polar surface area (TPSA) is 46.6 Å². The van der Waals surface area contributed by atoms with Crippen molar-refractivity contribution in [3.63, 3.8) is 0 Å². The SMILES string of the molecule is CCOC(=O)/C(C(C)=O)=C1\CCCN1C. The van der Waals surface area contributed by atoms with Gasteiger partial charge in [0.05, 0.1) is 6.61 Å². The molecular formula is C11H17NO3. The molecule has 0 amide bonds. The van der Waals surface area contributed by atoms with Crippen molar-refractivity contribution in [2.45, 2.75) is 26.7 Å².